The zero-order chi connectivity index (χ0) is 10.7. The smallest absolute Gasteiger partial charge is 0.344 e. The van der Waals surface area contributed by atoms with E-state index in [0.29, 0.717) is 10.8 Å². The van der Waals surface area contributed by atoms with Crippen LogP contribution in [0.25, 0.3) is 0 Å². The quantitative estimate of drug-likeness (QED) is 0.841. The van der Waals surface area contributed by atoms with E-state index in [1.807, 2.05) is 13.0 Å². The SMILES string of the molecule is Cc1ccc(Cl)c(O[C@H](C)C(=O)O)c1. The lowest BCUT2D eigenvalue weighted by atomic mass is 10.2. The molecule has 14 heavy (non-hydrogen) atoms. The second kappa shape index (κ2) is 4.33. The lowest BCUT2D eigenvalue weighted by Crippen LogP contribution is -2.23. The van der Waals surface area contributed by atoms with E-state index in [0.717, 1.165) is 5.56 Å². The van der Waals surface area contributed by atoms with Crippen LogP contribution in [0, 0.1) is 6.92 Å². The third-order valence-corrected chi connectivity index (χ3v) is 2.05. The van der Waals surface area contributed by atoms with Gasteiger partial charge in [0.1, 0.15) is 5.75 Å². The molecule has 1 rings (SSSR count). The Bertz CT molecular complexity index is 349. The van der Waals surface area contributed by atoms with Crippen molar-refractivity contribution in [2.75, 3.05) is 0 Å². The first kappa shape index (κ1) is 10.9. The zero-order valence-electron chi connectivity index (χ0n) is 7.95. The molecular formula is C10H11ClO3. The number of carboxylic acid groups (broad SMARTS) is 1. The molecule has 0 amide bonds. The van der Waals surface area contributed by atoms with Crippen molar-refractivity contribution in [3.63, 3.8) is 0 Å². The van der Waals surface area contributed by atoms with E-state index >= 15 is 0 Å². The molecule has 0 spiro atoms. The Morgan fingerprint density at radius 1 is 1.57 bits per heavy atom. The number of carbonyl (C=O) groups is 1. The van der Waals surface area contributed by atoms with Crippen LogP contribution in [0.5, 0.6) is 5.75 Å². The molecule has 0 aliphatic rings. The van der Waals surface area contributed by atoms with Crippen LogP contribution in [0.3, 0.4) is 0 Å². The average Bonchev–Trinajstić information content (AvgIpc) is 2.11. The van der Waals surface area contributed by atoms with Gasteiger partial charge >= 0.3 is 5.97 Å². The average molecular weight is 215 g/mol. The Morgan fingerprint density at radius 2 is 2.21 bits per heavy atom. The van der Waals surface area contributed by atoms with Crippen molar-refractivity contribution in [2.45, 2.75) is 20.0 Å². The molecule has 0 saturated heterocycles. The number of aliphatic carboxylic acids is 1. The summed E-state index contributed by atoms with van der Waals surface area (Å²) < 4.78 is 5.16. The summed E-state index contributed by atoms with van der Waals surface area (Å²) in [6, 6.07) is 5.23. The van der Waals surface area contributed by atoms with Crippen molar-refractivity contribution in [1.82, 2.24) is 0 Å². The molecule has 76 valence electrons. The molecule has 3 nitrogen and oxygen atoms in total. The summed E-state index contributed by atoms with van der Waals surface area (Å²) >= 11 is 5.83. The highest BCUT2D eigenvalue weighted by molar-refractivity contribution is 6.32. The minimum absolute atomic E-state index is 0.404. The Hall–Kier alpha value is -1.22. The van der Waals surface area contributed by atoms with E-state index < -0.39 is 12.1 Å². The van der Waals surface area contributed by atoms with Gasteiger partial charge < -0.3 is 9.84 Å². The number of halogens is 1. The van der Waals surface area contributed by atoms with Crippen LogP contribution >= 0.6 is 11.6 Å². The van der Waals surface area contributed by atoms with Crippen molar-refractivity contribution < 1.29 is 14.6 Å². The first-order chi connectivity index (χ1) is 6.50. The Kier molecular flexibility index (Phi) is 3.36. The Labute approximate surface area is 87.3 Å². The van der Waals surface area contributed by atoms with Gasteiger partial charge in [0.05, 0.1) is 5.02 Å². The summed E-state index contributed by atoms with van der Waals surface area (Å²) in [5, 5.41) is 9.06. The molecule has 1 N–H and O–H groups in total. The normalized spacial score (nSPS) is 12.2. The standard InChI is InChI=1S/C10H11ClO3/c1-6-3-4-8(11)9(5-6)14-7(2)10(12)13/h3-5,7H,1-2H3,(H,12,13)/t7-/m1/s1. The fourth-order valence-electron chi connectivity index (χ4n) is 0.942. The van der Waals surface area contributed by atoms with Crippen LogP contribution in [0.15, 0.2) is 18.2 Å². The Morgan fingerprint density at radius 3 is 2.79 bits per heavy atom. The van der Waals surface area contributed by atoms with Gasteiger partial charge in [-0.1, -0.05) is 17.7 Å². The molecule has 0 heterocycles. The van der Waals surface area contributed by atoms with Gasteiger partial charge in [0.25, 0.3) is 0 Å². The van der Waals surface area contributed by atoms with Gasteiger partial charge in [0, 0.05) is 0 Å². The molecule has 1 atom stereocenters. The van der Waals surface area contributed by atoms with E-state index in [4.69, 9.17) is 21.4 Å². The maximum atomic E-state index is 10.5. The summed E-state index contributed by atoms with van der Waals surface area (Å²) in [6.45, 7) is 3.34. The molecule has 1 aromatic rings. The lowest BCUT2D eigenvalue weighted by Gasteiger charge is -2.11. The predicted molar refractivity (Wildman–Crippen MR) is 53.9 cm³/mol. The summed E-state index contributed by atoms with van der Waals surface area (Å²) in [5.41, 5.74) is 0.974. The molecule has 0 aromatic heterocycles. The topological polar surface area (TPSA) is 46.5 Å². The fourth-order valence-corrected chi connectivity index (χ4v) is 1.10. The van der Waals surface area contributed by atoms with Gasteiger partial charge in [-0.3, -0.25) is 0 Å². The van der Waals surface area contributed by atoms with Gasteiger partial charge in [-0.2, -0.15) is 0 Å². The van der Waals surface area contributed by atoms with Crippen LogP contribution in [0.4, 0.5) is 0 Å². The summed E-state index contributed by atoms with van der Waals surface area (Å²) in [4.78, 5) is 10.5. The van der Waals surface area contributed by atoms with Crippen LogP contribution in [-0.2, 0) is 4.79 Å². The van der Waals surface area contributed by atoms with Crippen LogP contribution in [0.1, 0.15) is 12.5 Å². The van der Waals surface area contributed by atoms with Gasteiger partial charge in [-0.15, -0.1) is 0 Å². The number of benzene rings is 1. The first-order valence-corrected chi connectivity index (χ1v) is 4.54. The largest absolute Gasteiger partial charge is 0.479 e. The second-order valence-electron chi connectivity index (χ2n) is 3.03. The van der Waals surface area contributed by atoms with Crippen LogP contribution in [0.2, 0.25) is 5.02 Å². The van der Waals surface area contributed by atoms with Crippen molar-refractivity contribution in [3.8, 4) is 5.75 Å². The second-order valence-corrected chi connectivity index (χ2v) is 3.44. The van der Waals surface area contributed by atoms with Crippen molar-refractivity contribution in [1.29, 1.82) is 0 Å². The molecule has 4 heteroatoms. The monoisotopic (exact) mass is 214 g/mol. The van der Waals surface area contributed by atoms with Crippen LogP contribution < -0.4 is 4.74 Å². The number of aryl methyl sites for hydroxylation is 1. The van der Waals surface area contributed by atoms with Crippen molar-refractivity contribution in [3.05, 3.63) is 28.8 Å². The molecule has 0 radical (unpaired) electrons. The lowest BCUT2D eigenvalue weighted by molar-refractivity contribution is -0.144. The van der Waals surface area contributed by atoms with Gasteiger partial charge in [0.15, 0.2) is 6.10 Å². The highest BCUT2D eigenvalue weighted by atomic mass is 35.5. The highest BCUT2D eigenvalue weighted by Crippen LogP contribution is 2.26. The molecule has 0 fully saturated rings. The summed E-state index contributed by atoms with van der Waals surface area (Å²) in [6.07, 6.45) is -0.894. The molecule has 0 aliphatic heterocycles. The minimum Gasteiger partial charge on any atom is -0.479 e. The van der Waals surface area contributed by atoms with Gasteiger partial charge in [-0.05, 0) is 31.5 Å². The molecule has 1 aromatic carbocycles. The van der Waals surface area contributed by atoms with Crippen molar-refractivity contribution in [2.24, 2.45) is 0 Å². The number of ether oxygens (including phenoxy) is 1. The third kappa shape index (κ3) is 2.64. The maximum absolute atomic E-state index is 10.5. The molecule has 0 saturated carbocycles. The van der Waals surface area contributed by atoms with E-state index in [1.165, 1.54) is 6.92 Å². The third-order valence-electron chi connectivity index (χ3n) is 1.74. The first-order valence-electron chi connectivity index (χ1n) is 4.16. The number of carboxylic acids is 1. The predicted octanol–water partition coefficient (Wildman–Crippen LogP) is 2.50. The zero-order valence-corrected chi connectivity index (χ0v) is 8.71. The van der Waals surface area contributed by atoms with E-state index in [-0.39, 0.29) is 0 Å². The van der Waals surface area contributed by atoms with Gasteiger partial charge in [-0.25, -0.2) is 4.79 Å². The maximum Gasteiger partial charge on any atom is 0.344 e. The van der Waals surface area contributed by atoms with E-state index in [1.54, 1.807) is 12.1 Å². The fraction of sp³-hybridized carbons (Fsp3) is 0.300. The number of hydrogen-bond acceptors (Lipinski definition) is 2. The minimum atomic E-state index is -1.01. The molecule has 0 bridgehead atoms. The molecular weight excluding hydrogens is 204 g/mol. The summed E-state index contributed by atoms with van der Waals surface area (Å²) in [7, 11) is 0. The number of rotatable bonds is 3. The molecule has 0 aliphatic carbocycles. The van der Waals surface area contributed by atoms with Crippen molar-refractivity contribution >= 4 is 17.6 Å². The van der Waals surface area contributed by atoms with E-state index in [2.05, 4.69) is 0 Å². The van der Waals surface area contributed by atoms with Crippen LogP contribution in [-0.4, -0.2) is 17.2 Å². The highest BCUT2D eigenvalue weighted by Gasteiger charge is 2.14. The van der Waals surface area contributed by atoms with E-state index in [9.17, 15) is 4.79 Å². The number of hydrogen-bond donors (Lipinski definition) is 1. The summed E-state index contributed by atoms with van der Waals surface area (Å²) in [5.74, 6) is -0.607. The van der Waals surface area contributed by atoms with Gasteiger partial charge in [0.2, 0.25) is 0 Å². The molecule has 0 unspecified atom stereocenters. The Balaban J connectivity index is 2.85.